The third-order valence-electron chi connectivity index (χ3n) is 7.16. The van der Waals surface area contributed by atoms with Crippen molar-refractivity contribution in [3.05, 3.63) is 95.1 Å². The van der Waals surface area contributed by atoms with Crippen LogP contribution in [0.4, 0.5) is 4.79 Å². The van der Waals surface area contributed by atoms with Crippen molar-refractivity contribution in [3.63, 3.8) is 0 Å². The Balaban J connectivity index is 1.47. The van der Waals surface area contributed by atoms with E-state index in [4.69, 9.17) is 9.47 Å². The molecule has 39 heavy (non-hydrogen) atoms. The molecule has 1 N–H and O–H groups in total. The van der Waals surface area contributed by atoms with E-state index in [1.165, 1.54) is 19.1 Å². The van der Waals surface area contributed by atoms with Crippen LogP contribution in [-0.2, 0) is 17.9 Å². The molecular weight excluding hydrogens is 502 g/mol. The van der Waals surface area contributed by atoms with Crippen LogP contribution in [0.2, 0.25) is 0 Å². The lowest BCUT2D eigenvalue weighted by Gasteiger charge is -2.51. The molecule has 10 heteroatoms. The van der Waals surface area contributed by atoms with Gasteiger partial charge in [-0.05, 0) is 29.8 Å². The zero-order chi connectivity index (χ0) is 27.7. The van der Waals surface area contributed by atoms with Gasteiger partial charge in [0.15, 0.2) is 0 Å². The minimum absolute atomic E-state index is 0.0229. The number of ether oxygens (including phenoxy) is 2. The number of carbonyl (C=O) groups excluding carboxylic acids is 3. The normalized spacial score (nSPS) is 18.1. The van der Waals surface area contributed by atoms with Crippen molar-refractivity contribution in [1.82, 2.24) is 14.7 Å². The molecule has 3 aromatic carbocycles. The molecule has 2 heterocycles. The molecule has 2 atom stereocenters. The zero-order valence-corrected chi connectivity index (χ0v) is 21.4. The number of rotatable bonds is 9. The van der Waals surface area contributed by atoms with Crippen LogP contribution < -0.4 is 9.47 Å². The van der Waals surface area contributed by atoms with Gasteiger partial charge in [-0.15, -0.1) is 0 Å². The first-order valence-corrected chi connectivity index (χ1v) is 12.3. The second kappa shape index (κ2) is 10.5. The van der Waals surface area contributed by atoms with E-state index in [1.54, 1.807) is 66.7 Å². The molecule has 2 aliphatic rings. The molecule has 0 aromatic heterocycles. The number of carboxylic acid groups (broad SMARTS) is 1. The molecule has 0 bridgehead atoms. The molecule has 0 unspecified atom stereocenters. The zero-order valence-electron chi connectivity index (χ0n) is 21.4. The fraction of sp³-hybridized carbons (Fsp3) is 0.241. The number of hydrogen-bond acceptors (Lipinski definition) is 6. The number of hydrogen-bond donors (Lipinski definition) is 1. The second-order valence-corrected chi connectivity index (χ2v) is 9.32. The summed E-state index contributed by atoms with van der Waals surface area (Å²) in [5, 5.41) is 10.1. The maximum Gasteiger partial charge on any atom is 0.408 e. The Bertz CT molecular complexity index is 1410. The number of likely N-dealkylation sites (tertiary alicyclic amines) is 1. The lowest BCUT2D eigenvalue weighted by Crippen LogP contribution is -2.73. The minimum Gasteiger partial charge on any atom is -0.497 e. The maximum atomic E-state index is 13.6. The predicted octanol–water partition coefficient (Wildman–Crippen LogP) is 3.26. The van der Waals surface area contributed by atoms with Gasteiger partial charge >= 0.3 is 6.09 Å². The summed E-state index contributed by atoms with van der Waals surface area (Å²) in [5.41, 5.74) is 1.95. The number of β-lactam (4-membered cyclic amide) rings is 1. The van der Waals surface area contributed by atoms with Gasteiger partial charge in [0.05, 0.1) is 37.9 Å². The Morgan fingerprint density at radius 3 is 2.13 bits per heavy atom. The van der Waals surface area contributed by atoms with Crippen molar-refractivity contribution in [3.8, 4) is 11.5 Å². The molecule has 1 fully saturated rings. The van der Waals surface area contributed by atoms with E-state index < -0.39 is 35.9 Å². The molecule has 10 nitrogen and oxygen atoms in total. The monoisotopic (exact) mass is 529 g/mol. The third kappa shape index (κ3) is 4.65. The molecule has 1 saturated heterocycles. The van der Waals surface area contributed by atoms with Crippen molar-refractivity contribution in [1.29, 1.82) is 0 Å². The number of benzene rings is 3. The van der Waals surface area contributed by atoms with Gasteiger partial charge in [0.2, 0.25) is 5.91 Å². The van der Waals surface area contributed by atoms with Gasteiger partial charge in [-0.3, -0.25) is 24.2 Å². The first-order valence-electron chi connectivity index (χ1n) is 12.3. The summed E-state index contributed by atoms with van der Waals surface area (Å²) < 4.78 is 10.7. The SMILES string of the molecule is COc1ccc(CN2C(=O)[C@@H](N(Cc3ccccc3)C(=O)O)[C@H]2CN2C(=O)c3ccccc3C2=O)c(OC)c1. The summed E-state index contributed by atoms with van der Waals surface area (Å²) in [5.74, 6) is -0.301. The van der Waals surface area contributed by atoms with Gasteiger partial charge in [0, 0.05) is 24.7 Å². The van der Waals surface area contributed by atoms with Crippen LogP contribution in [0.5, 0.6) is 11.5 Å². The number of amides is 4. The summed E-state index contributed by atoms with van der Waals surface area (Å²) in [4.78, 5) is 55.9. The molecular formula is C29H27N3O7. The first kappa shape index (κ1) is 25.8. The fourth-order valence-corrected chi connectivity index (χ4v) is 5.14. The smallest absolute Gasteiger partial charge is 0.408 e. The van der Waals surface area contributed by atoms with E-state index in [2.05, 4.69) is 0 Å². The molecule has 2 aliphatic heterocycles. The predicted molar refractivity (Wildman–Crippen MR) is 139 cm³/mol. The van der Waals surface area contributed by atoms with E-state index in [0.717, 1.165) is 9.80 Å². The maximum absolute atomic E-state index is 13.6. The number of fused-ring (bicyclic) bond motifs is 1. The van der Waals surface area contributed by atoms with Gasteiger partial charge in [-0.25, -0.2) is 4.79 Å². The van der Waals surface area contributed by atoms with Gasteiger partial charge in [-0.2, -0.15) is 0 Å². The molecule has 0 aliphatic carbocycles. The summed E-state index contributed by atoms with van der Waals surface area (Å²) in [6.45, 7) is -0.0835. The van der Waals surface area contributed by atoms with Crippen LogP contribution in [0.15, 0.2) is 72.8 Å². The Morgan fingerprint density at radius 1 is 0.897 bits per heavy atom. The number of methoxy groups -OCH3 is 2. The van der Waals surface area contributed by atoms with E-state index >= 15 is 0 Å². The third-order valence-corrected chi connectivity index (χ3v) is 7.16. The highest BCUT2D eigenvalue weighted by atomic mass is 16.5. The number of carbonyl (C=O) groups is 4. The van der Waals surface area contributed by atoms with Gasteiger partial charge in [0.1, 0.15) is 17.5 Å². The number of nitrogens with zero attached hydrogens (tertiary/aromatic N) is 3. The Hall–Kier alpha value is -4.86. The van der Waals surface area contributed by atoms with Gasteiger partial charge in [0.25, 0.3) is 11.8 Å². The summed E-state index contributed by atoms with van der Waals surface area (Å²) >= 11 is 0. The van der Waals surface area contributed by atoms with E-state index in [1.807, 2.05) is 6.07 Å². The second-order valence-electron chi connectivity index (χ2n) is 9.32. The van der Waals surface area contributed by atoms with Crippen LogP contribution in [0.3, 0.4) is 0 Å². The molecule has 0 spiro atoms. The quantitative estimate of drug-likeness (QED) is 0.334. The van der Waals surface area contributed by atoms with Crippen LogP contribution in [0, 0.1) is 0 Å². The van der Waals surface area contributed by atoms with E-state index in [9.17, 15) is 24.3 Å². The molecule has 4 amide bonds. The van der Waals surface area contributed by atoms with Gasteiger partial charge in [-0.1, -0.05) is 42.5 Å². The fourth-order valence-electron chi connectivity index (χ4n) is 5.14. The summed E-state index contributed by atoms with van der Waals surface area (Å²) in [7, 11) is 3.03. The average molecular weight is 530 g/mol. The number of imide groups is 1. The van der Waals surface area contributed by atoms with Crippen LogP contribution >= 0.6 is 0 Å². The summed E-state index contributed by atoms with van der Waals surface area (Å²) in [6, 6.07) is 18.8. The van der Waals surface area contributed by atoms with Crippen LogP contribution in [0.1, 0.15) is 31.8 Å². The van der Waals surface area contributed by atoms with E-state index in [-0.39, 0.29) is 30.8 Å². The lowest BCUT2D eigenvalue weighted by atomic mass is 9.91. The Kier molecular flexibility index (Phi) is 6.93. The molecule has 200 valence electrons. The first-order chi connectivity index (χ1) is 18.8. The largest absolute Gasteiger partial charge is 0.497 e. The van der Waals surface area contributed by atoms with Crippen molar-refractivity contribution >= 4 is 23.8 Å². The van der Waals surface area contributed by atoms with Crippen LogP contribution in [0.25, 0.3) is 0 Å². The molecule has 0 saturated carbocycles. The highest BCUT2D eigenvalue weighted by Crippen LogP contribution is 2.34. The van der Waals surface area contributed by atoms with E-state index in [0.29, 0.717) is 22.6 Å². The summed E-state index contributed by atoms with van der Waals surface area (Å²) in [6.07, 6.45) is -1.27. The molecule has 3 aromatic rings. The van der Waals surface area contributed by atoms with Crippen LogP contribution in [-0.4, -0.2) is 76.5 Å². The minimum atomic E-state index is -1.27. The highest BCUT2D eigenvalue weighted by Gasteiger charge is 2.54. The Morgan fingerprint density at radius 2 is 1.54 bits per heavy atom. The Labute approximate surface area is 224 Å². The van der Waals surface area contributed by atoms with Crippen molar-refractivity contribution in [2.24, 2.45) is 0 Å². The topological polar surface area (TPSA) is 117 Å². The standard InChI is InChI=1S/C29H27N3O7/c1-38-20-13-12-19(24(14-20)39-2)16-30-23(17-32-26(33)21-10-6-7-11-22(21)27(32)34)25(28(30)35)31(29(36)37)15-18-8-4-3-5-9-18/h3-14,23,25H,15-17H2,1-2H3,(H,36,37)/t23-,25+/m1/s1. The van der Waals surface area contributed by atoms with Crippen molar-refractivity contribution in [2.75, 3.05) is 20.8 Å². The molecule has 5 rings (SSSR count). The average Bonchev–Trinajstić information content (AvgIpc) is 3.20. The van der Waals surface area contributed by atoms with Crippen molar-refractivity contribution < 1.29 is 33.8 Å². The molecule has 0 radical (unpaired) electrons. The highest BCUT2D eigenvalue weighted by molar-refractivity contribution is 6.21. The van der Waals surface area contributed by atoms with Crippen molar-refractivity contribution in [2.45, 2.75) is 25.2 Å². The lowest BCUT2D eigenvalue weighted by molar-refractivity contribution is -0.160. The van der Waals surface area contributed by atoms with Gasteiger partial charge < -0.3 is 19.5 Å².